The fraction of sp³-hybridized carbons (Fsp3) is 0.286. The summed E-state index contributed by atoms with van der Waals surface area (Å²) >= 11 is 6.14. The van der Waals surface area contributed by atoms with Crippen molar-refractivity contribution >= 4 is 39.5 Å². The Hall–Kier alpha value is -3.15. The second kappa shape index (κ2) is 11.6. The second-order valence-corrected chi connectivity index (χ2v) is 9.25. The monoisotopic (exact) mass is 495 g/mol. The van der Waals surface area contributed by atoms with E-state index in [0.29, 0.717) is 10.6 Å². The lowest BCUT2D eigenvalue weighted by Crippen LogP contribution is -2.44. The molecule has 0 aliphatic rings. The van der Waals surface area contributed by atoms with E-state index in [4.69, 9.17) is 17.3 Å². The topological polar surface area (TPSA) is 151 Å². The van der Waals surface area contributed by atoms with Crippen LogP contribution in [-0.2, 0) is 14.8 Å². The molecule has 0 saturated carbocycles. The predicted octanol–water partition coefficient (Wildman–Crippen LogP) is 1.93. The van der Waals surface area contributed by atoms with Gasteiger partial charge in [-0.1, -0.05) is 49.7 Å². The third-order valence-corrected chi connectivity index (χ3v) is 7.13. The Labute approximate surface area is 197 Å². The fourth-order valence-corrected chi connectivity index (χ4v) is 4.89. The van der Waals surface area contributed by atoms with E-state index >= 15 is 0 Å². The number of carbonyl (C=O) groups is 3. The highest BCUT2D eigenvalue weighted by Gasteiger charge is 2.23. The van der Waals surface area contributed by atoms with Gasteiger partial charge < -0.3 is 11.1 Å². The van der Waals surface area contributed by atoms with Crippen LogP contribution in [0.4, 0.5) is 4.79 Å². The molecule has 0 heterocycles. The van der Waals surface area contributed by atoms with E-state index in [9.17, 15) is 22.8 Å². The third kappa shape index (κ3) is 6.91. The summed E-state index contributed by atoms with van der Waals surface area (Å²) < 4.78 is 26.6. The Morgan fingerprint density at radius 2 is 1.70 bits per heavy atom. The minimum Gasteiger partial charge on any atom is -0.352 e. The number of nitrogens with zero attached hydrogens (tertiary/aromatic N) is 1. The molecule has 0 fully saturated rings. The Morgan fingerprint density at radius 1 is 1.03 bits per heavy atom. The number of rotatable bonds is 9. The van der Waals surface area contributed by atoms with E-state index in [1.54, 1.807) is 38.1 Å². The molecule has 0 aromatic heterocycles. The zero-order chi connectivity index (χ0) is 24.6. The van der Waals surface area contributed by atoms with Gasteiger partial charge in [-0.3, -0.25) is 20.4 Å². The molecule has 1 unspecified atom stereocenters. The molecule has 0 spiro atoms. The molecule has 2 aromatic carbocycles. The quantitative estimate of drug-likeness (QED) is 0.392. The van der Waals surface area contributed by atoms with Crippen molar-refractivity contribution in [2.75, 3.05) is 13.1 Å². The molecule has 4 amide bonds. The molecule has 1 atom stereocenters. The van der Waals surface area contributed by atoms with Crippen LogP contribution in [-0.4, -0.2) is 43.7 Å². The minimum atomic E-state index is -3.75. The van der Waals surface area contributed by atoms with Crippen molar-refractivity contribution in [2.45, 2.75) is 31.2 Å². The maximum Gasteiger partial charge on any atom is 0.312 e. The number of carbonyl (C=O) groups excluding carboxylic acids is 3. The molecule has 0 radical (unpaired) electrons. The molecule has 2 aromatic rings. The van der Waals surface area contributed by atoms with Crippen molar-refractivity contribution < 1.29 is 22.8 Å². The summed E-state index contributed by atoms with van der Waals surface area (Å²) in [6, 6.07) is 10.4. The number of nitrogens with two attached hydrogens (primary N) is 1. The smallest absolute Gasteiger partial charge is 0.312 e. The van der Waals surface area contributed by atoms with E-state index in [2.05, 4.69) is 16.2 Å². The number of nitrogens with one attached hydrogen (secondary N) is 3. The van der Waals surface area contributed by atoms with Gasteiger partial charge in [0, 0.05) is 23.7 Å². The first kappa shape index (κ1) is 26.1. The van der Waals surface area contributed by atoms with E-state index in [1.807, 2.05) is 0 Å². The molecule has 0 saturated heterocycles. The van der Waals surface area contributed by atoms with Crippen LogP contribution in [0.15, 0.2) is 53.4 Å². The first-order valence-electron chi connectivity index (χ1n) is 10.1. The highest BCUT2D eigenvalue weighted by Crippen LogP contribution is 2.25. The normalized spacial score (nSPS) is 12.1. The van der Waals surface area contributed by atoms with Crippen LogP contribution in [0.25, 0.3) is 0 Å². The number of primary amides is 1. The van der Waals surface area contributed by atoms with Gasteiger partial charge >= 0.3 is 6.03 Å². The van der Waals surface area contributed by atoms with Crippen LogP contribution in [0.5, 0.6) is 0 Å². The van der Waals surface area contributed by atoms with Gasteiger partial charge in [0.1, 0.15) is 0 Å². The van der Waals surface area contributed by atoms with E-state index in [1.165, 1.54) is 28.6 Å². The summed E-state index contributed by atoms with van der Waals surface area (Å²) in [6.45, 7) is 4.01. The highest BCUT2D eigenvalue weighted by atomic mass is 35.5. The van der Waals surface area contributed by atoms with Crippen molar-refractivity contribution in [3.8, 4) is 0 Å². The summed E-state index contributed by atoms with van der Waals surface area (Å²) in [5.74, 6) is -1.34. The first-order valence-corrected chi connectivity index (χ1v) is 11.9. The molecule has 5 N–H and O–H groups in total. The molecular formula is C21H26ClN5O5S. The molecule has 10 nitrogen and oxygen atoms in total. The van der Waals surface area contributed by atoms with E-state index in [-0.39, 0.29) is 30.0 Å². The van der Waals surface area contributed by atoms with Gasteiger partial charge in [0.05, 0.1) is 17.4 Å². The van der Waals surface area contributed by atoms with Gasteiger partial charge in [-0.15, -0.1) is 0 Å². The number of hydrogen-bond acceptors (Lipinski definition) is 5. The molecule has 0 aliphatic carbocycles. The van der Waals surface area contributed by atoms with Crippen LogP contribution in [0.1, 0.15) is 42.2 Å². The zero-order valence-corrected chi connectivity index (χ0v) is 19.7. The first-order chi connectivity index (χ1) is 15.6. The SMILES string of the molecule is CCN(CC)S(=O)(=O)c1cccc(C(=O)NNC(=O)CC(NC(N)=O)c2ccccc2Cl)c1. The molecule has 0 bridgehead atoms. The van der Waals surface area contributed by atoms with Crippen LogP contribution < -0.4 is 21.9 Å². The third-order valence-electron chi connectivity index (χ3n) is 4.74. The maximum atomic E-state index is 12.7. The van der Waals surface area contributed by atoms with E-state index < -0.39 is 33.9 Å². The van der Waals surface area contributed by atoms with Crippen molar-refractivity contribution in [3.05, 3.63) is 64.7 Å². The number of amides is 4. The zero-order valence-electron chi connectivity index (χ0n) is 18.2. The molecule has 2 rings (SSSR count). The summed E-state index contributed by atoms with van der Waals surface area (Å²) in [4.78, 5) is 36.2. The van der Waals surface area contributed by atoms with Crippen LogP contribution >= 0.6 is 11.6 Å². The number of benzene rings is 2. The predicted molar refractivity (Wildman–Crippen MR) is 124 cm³/mol. The number of sulfonamides is 1. The Kier molecular flexibility index (Phi) is 9.21. The Bertz CT molecular complexity index is 1120. The number of hydrazine groups is 1. The lowest BCUT2D eigenvalue weighted by Gasteiger charge is -2.19. The summed E-state index contributed by atoms with van der Waals surface area (Å²) in [7, 11) is -3.75. The van der Waals surface area contributed by atoms with Crippen molar-refractivity contribution in [1.82, 2.24) is 20.5 Å². The second-order valence-electron chi connectivity index (χ2n) is 6.91. The average molecular weight is 496 g/mol. The van der Waals surface area contributed by atoms with Gasteiger partial charge in [-0.25, -0.2) is 13.2 Å². The van der Waals surface area contributed by atoms with Crippen LogP contribution in [0.2, 0.25) is 5.02 Å². The van der Waals surface area contributed by atoms with Gasteiger partial charge in [0.15, 0.2) is 0 Å². The summed E-state index contributed by atoms with van der Waals surface area (Å²) in [5.41, 5.74) is 10.2. The standard InChI is InChI=1S/C21H26ClN5O5S/c1-3-27(4-2)33(31,32)15-9-7-8-14(12-15)20(29)26-25-19(28)13-18(24-21(23)30)16-10-5-6-11-17(16)22/h5-12,18H,3-4,13H2,1-2H3,(H,25,28)(H,26,29)(H3,23,24,30). The summed E-state index contributed by atoms with van der Waals surface area (Å²) in [6.07, 6.45) is -0.261. The van der Waals surface area contributed by atoms with Gasteiger partial charge in [-0.2, -0.15) is 4.31 Å². The molecule has 178 valence electrons. The molecular weight excluding hydrogens is 470 g/mol. The van der Waals surface area contributed by atoms with E-state index in [0.717, 1.165) is 0 Å². The van der Waals surface area contributed by atoms with Gasteiger partial charge in [0.2, 0.25) is 15.9 Å². The Balaban J connectivity index is 2.09. The minimum absolute atomic E-state index is 0.0328. The van der Waals surface area contributed by atoms with Crippen molar-refractivity contribution in [2.24, 2.45) is 5.73 Å². The lowest BCUT2D eigenvalue weighted by atomic mass is 10.0. The number of hydrogen-bond donors (Lipinski definition) is 4. The van der Waals surface area contributed by atoms with Crippen molar-refractivity contribution in [3.63, 3.8) is 0 Å². The molecule has 12 heteroatoms. The van der Waals surface area contributed by atoms with Gasteiger partial charge in [0.25, 0.3) is 5.91 Å². The molecule has 0 aliphatic heterocycles. The average Bonchev–Trinajstić information content (AvgIpc) is 2.77. The summed E-state index contributed by atoms with van der Waals surface area (Å²) in [5, 5.41) is 2.78. The van der Waals surface area contributed by atoms with Crippen molar-refractivity contribution in [1.29, 1.82) is 0 Å². The number of halogens is 1. The fourth-order valence-electron chi connectivity index (χ4n) is 3.11. The highest BCUT2D eigenvalue weighted by molar-refractivity contribution is 7.89. The largest absolute Gasteiger partial charge is 0.352 e. The van der Waals surface area contributed by atoms with Crippen LogP contribution in [0, 0.1) is 0 Å². The number of urea groups is 1. The molecule has 33 heavy (non-hydrogen) atoms. The van der Waals surface area contributed by atoms with Gasteiger partial charge in [-0.05, 0) is 29.8 Å². The van der Waals surface area contributed by atoms with Crippen LogP contribution in [0.3, 0.4) is 0 Å². The maximum absolute atomic E-state index is 12.7. The lowest BCUT2D eigenvalue weighted by molar-refractivity contribution is -0.122. The Morgan fingerprint density at radius 3 is 2.30 bits per heavy atom.